The third-order valence-electron chi connectivity index (χ3n) is 2.56. The molecule has 0 radical (unpaired) electrons. The van der Waals surface area contributed by atoms with Crippen LogP contribution in [0.5, 0.6) is 0 Å². The summed E-state index contributed by atoms with van der Waals surface area (Å²) >= 11 is 5.72. The molecule has 0 aliphatic carbocycles. The average Bonchev–Trinajstić information content (AvgIpc) is 2.20. The molecule has 0 spiro atoms. The number of primary amides is 2. The van der Waals surface area contributed by atoms with E-state index in [1.54, 1.807) is 24.3 Å². The largest absolute Gasteiger partial charge is 0.369 e. The van der Waals surface area contributed by atoms with Crippen LogP contribution in [-0.4, -0.2) is 11.8 Å². The van der Waals surface area contributed by atoms with E-state index >= 15 is 0 Å². The Balaban J connectivity index is 2.97. The lowest BCUT2D eigenvalue weighted by molar-refractivity contribution is -0.138. The second kappa shape index (κ2) is 4.53. The molecule has 0 heterocycles. The Morgan fingerprint density at radius 2 is 1.62 bits per heavy atom. The highest BCUT2D eigenvalue weighted by molar-refractivity contribution is 6.30. The molecule has 0 atom stereocenters. The van der Waals surface area contributed by atoms with E-state index in [9.17, 15) is 9.59 Å². The lowest BCUT2D eigenvalue weighted by Gasteiger charge is -2.21. The van der Waals surface area contributed by atoms with Crippen molar-refractivity contribution in [1.82, 2.24) is 0 Å². The molecule has 16 heavy (non-hydrogen) atoms. The van der Waals surface area contributed by atoms with Crippen LogP contribution in [0.25, 0.3) is 0 Å². The van der Waals surface area contributed by atoms with Crippen molar-refractivity contribution in [1.29, 1.82) is 0 Å². The van der Waals surface area contributed by atoms with Gasteiger partial charge in [-0.3, -0.25) is 9.59 Å². The summed E-state index contributed by atoms with van der Waals surface area (Å²) in [6, 6.07) is 6.82. The average molecular weight is 241 g/mol. The van der Waals surface area contributed by atoms with Gasteiger partial charge in [0.05, 0.1) is 0 Å². The van der Waals surface area contributed by atoms with Gasteiger partial charge in [0.2, 0.25) is 11.8 Å². The van der Waals surface area contributed by atoms with Crippen molar-refractivity contribution in [2.75, 3.05) is 0 Å². The zero-order valence-electron chi connectivity index (χ0n) is 8.87. The van der Waals surface area contributed by atoms with Crippen LogP contribution in [0, 0.1) is 5.41 Å². The van der Waals surface area contributed by atoms with Gasteiger partial charge in [-0.05, 0) is 31.0 Å². The number of carbonyl (C=O) groups is 2. The normalized spacial score (nSPS) is 11.1. The minimum absolute atomic E-state index is 0.175. The van der Waals surface area contributed by atoms with Crippen molar-refractivity contribution in [3.05, 3.63) is 34.9 Å². The number of carbonyl (C=O) groups excluding carboxylic acids is 2. The second-order valence-corrected chi connectivity index (χ2v) is 4.30. The highest BCUT2D eigenvalue weighted by Crippen LogP contribution is 2.22. The maximum Gasteiger partial charge on any atom is 0.233 e. The summed E-state index contributed by atoms with van der Waals surface area (Å²) in [5.74, 6) is -1.45. The van der Waals surface area contributed by atoms with Gasteiger partial charge in [-0.25, -0.2) is 0 Å². The van der Waals surface area contributed by atoms with Crippen LogP contribution in [0.3, 0.4) is 0 Å². The van der Waals surface area contributed by atoms with E-state index in [-0.39, 0.29) is 6.42 Å². The topological polar surface area (TPSA) is 86.2 Å². The summed E-state index contributed by atoms with van der Waals surface area (Å²) in [5.41, 5.74) is 9.78. The zero-order valence-corrected chi connectivity index (χ0v) is 9.62. The number of hydrogen-bond donors (Lipinski definition) is 2. The summed E-state index contributed by atoms with van der Waals surface area (Å²) in [6.45, 7) is 1.44. The summed E-state index contributed by atoms with van der Waals surface area (Å²) in [4.78, 5) is 22.5. The number of halogens is 1. The molecule has 86 valence electrons. The van der Waals surface area contributed by atoms with E-state index in [2.05, 4.69) is 0 Å². The predicted octanol–water partition coefficient (Wildman–Crippen LogP) is 0.859. The van der Waals surface area contributed by atoms with Crippen LogP contribution in [0.2, 0.25) is 5.02 Å². The van der Waals surface area contributed by atoms with Crippen LogP contribution in [0.1, 0.15) is 12.5 Å². The van der Waals surface area contributed by atoms with Crippen LogP contribution < -0.4 is 11.5 Å². The van der Waals surface area contributed by atoms with E-state index in [0.29, 0.717) is 5.02 Å². The molecule has 0 aliphatic heterocycles. The fourth-order valence-corrected chi connectivity index (χ4v) is 1.43. The first kappa shape index (κ1) is 12.5. The number of benzene rings is 1. The number of rotatable bonds is 4. The Bertz CT molecular complexity index is 400. The number of hydrogen-bond acceptors (Lipinski definition) is 2. The van der Waals surface area contributed by atoms with Crippen LogP contribution in [-0.2, 0) is 16.0 Å². The Kier molecular flexibility index (Phi) is 3.55. The van der Waals surface area contributed by atoms with Crippen molar-refractivity contribution in [2.45, 2.75) is 13.3 Å². The molecule has 0 aromatic heterocycles. The molecule has 5 heteroatoms. The summed E-state index contributed by atoms with van der Waals surface area (Å²) in [6.07, 6.45) is 0.175. The number of nitrogens with two attached hydrogens (primary N) is 2. The van der Waals surface area contributed by atoms with Gasteiger partial charge in [-0.1, -0.05) is 23.7 Å². The lowest BCUT2D eigenvalue weighted by Crippen LogP contribution is -2.46. The predicted molar refractivity (Wildman–Crippen MR) is 61.7 cm³/mol. The van der Waals surface area contributed by atoms with E-state index in [4.69, 9.17) is 23.1 Å². The van der Waals surface area contributed by atoms with Crippen molar-refractivity contribution in [3.63, 3.8) is 0 Å². The minimum Gasteiger partial charge on any atom is -0.369 e. The van der Waals surface area contributed by atoms with Gasteiger partial charge >= 0.3 is 0 Å². The van der Waals surface area contributed by atoms with Gasteiger partial charge in [-0.2, -0.15) is 0 Å². The fraction of sp³-hybridized carbons (Fsp3) is 0.273. The fourth-order valence-electron chi connectivity index (χ4n) is 1.31. The van der Waals surface area contributed by atoms with E-state index in [1.807, 2.05) is 0 Å². The maximum atomic E-state index is 11.2. The quantitative estimate of drug-likeness (QED) is 0.765. The van der Waals surface area contributed by atoms with Crippen LogP contribution in [0.15, 0.2) is 24.3 Å². The summed E-state index contributed by atoms with van der Waals surface area (Å²) in [7, 11) is 0. The third-order valence-corrected chi connectivity index (χ3v) is 2.81. The van der Waals surface area contributed by atoms with Gasteiger partial charge in [-0.15, -0.1) is 0 Å². The molecule has 0 saturated carbocycles. The van der Waals surface area contributed by atoms with Gasteiger partial charge in [0, 0.05) is 5.02 Å². The smallest absolute Gasteiger partial charge is 0.233 e. The van der Waals surface area contributed by atoms with E-state index in [0.717, 1.165) is 5.56 Å². The van der Waals surface area contributed by atoms with Crippen molar-refractivity contribution >= 4 is 23.4 Å². The first-order chi connectivity index (χ1) is 7.36. The number of amides is 2. The molecule has 4 nitrogen and oxygen atoms in total. The standard InChI is InChI=1S/C11H13ClN2O2/c1-11(9(13)15,10(14)16)6-7-2-4-8(12)5-3-7/h2-5H,6H2,1H3,(H2,13,15)(H2,14,16). The molecule has 1 rings (SSSR count). The Hall–Kier alpha value is -1.55. The van der Waals surface area contributed by atoms with Crippen LogP contribution >= 0.6 is 11.6 Å². The van der Waals surface area contributed by atoms with Gasteiger partial charge in [0.15, 0.2) is 0 Å². The molecule has 0 aliphatic rings. The Morgan fingerprint density at radius 1 is 1.19 bits per heavy atom. The molecule has 2 amide bonds. The second-order valence-electron chi connectivity index (χ2n) is 3.86. The van der Waals surface area contributed by atoms with E-state index in [1.165, 1.54) is 6.92 Å². The summed E-state index contributed by atoms with van der Waals surface area (Å²) < 4.78 is 0. The molecule has 1 aromatic carbocycles. The summed E-state index contributed by atoms with van der Waals surface area (Å²) in [5, 5.41) is 0.587. The molecular weight excluding hydrogens is 228 g/mol. The molecule has 0 unspecified atom stereocenters. The molecule has 1 aromatic rings. The molecule has 0 fully saturated rings. The monoisotopic (exact) mass is 240 g/mol. The van der Waals surface area contributed by atoms with Crippen molar-refractivity contribution in [3.8, 4) is 0 Å². The van der Waals surface area contributed by atoms with Crippen molar-refractivity contribution < 1.29 is 9.59 Å². The SMILES string of the molecule is CC(Cc1ccc(Cl)cc1)(C(N)=O)C(N)=O. The van der Waals surface area contributed by atoms with Crippen molar-refractivity contribution in [2.24, 2.45) is 16.9 Å². The van der Waals surface area contributed by atoms with Gasteiger partial charge in [0.25, 0.3) is 0 Å². The molecular formula is C11H13ClN2O2. The maximum absolute atomic E-state index is 11.2. The Morgan fingerprint density at radius 3 is 2.00 bits per heavy atom. The highest BCUT2D eigenvalue weighted by Gasteiger charge is 2.37. The first-order valence-electron chi connectivity index (χ1n) is 4.70. The zero-order chi connectivity index (χ0) is 12.3. The molecule has 0 saturated heterocycles. The van der Waals surface area contributed by atoms with Gasteiger partial charge < -0.3 is 11.5 Å². The highest BCUT2D eigenvalue weighted by atomic mass is 35.5. The van der Waals surface area contributed by atoms with Crippen LogP contribution in [0.4, 0.5) is 0 Å². The minimum atomic E-state index is -1.37. The third kappa shape index (κ3) is 2.52. The Labute approximate surface area is 98.6 Å². The van der Waals surface area contributed by atoms with Gasteiger partial charge in [0.1, 0.15) is 5.41 Å². The van der Waals surface area contributed by atoms with E-state index < -0.39 is 17.2 Å². The molecule has 0 bridgehead atoms. The molecule has 4 N–H and O–H groups in total. The lowest BCUT2D eigenvalue weighted by atomic mass is 9.82. The first-order valence-corrected chi connectivity index (χ1v) is 5.08.